The fourth-order valence-corrected chi connectivity index (χ4v) is 1.98. The van der Waals surface area contributed by atoms with E-state index in [0.717, 1.165) is 25.1 Å². The lowest BCUT2D eigenvalue weighted by molar-refractivity contribution is 0.300. The Hall–Kier alpha value is -1.97. The number of imidazole rings is 1. The van der Waals surface area contributed by atoms with E-state index in [-0.39, 0.29) is 5.69 Å². The molecule has 0 bridgehead atoms. The van der Waals surface area contributed by atoms with Crippen molar-refractivity contribution < 1.29 is 4.74 Å². The lowest BCUT2D eigenvalue weighted by Gasteiger charge is -2.06. The highest BCUT2D eigenvalue weighted by Crippen LogP contribution is 2.08. The van der Waals surface area contributed by atoms with E-state index in [9.17, 15) is 4.79 Å². The van der Waals surface area contributed by atoms with Crippen molar-refractivity contribution in [3.8, 4) is 5.75 Å². The zero-order chi connectivity index (χ0) is 13.5. The van der Waals surface area contributed by atoms with Gasteiger partial charge in [-0.05, 0) is 25.0 Å². The highest BCUT2D eigenvalue weighted by atomic mass is 16.5. The summed E-state index contributed by atoms with van der Waals surface area (Å²) in [5.41, 5.74) is 0.0709. The van der Waals surface area contributed by atoms with Gasteiger partial charge >= 0.3 is 5.69 Å². The first-order valence-electron chi connectivity index (χ1n) is 6.74. The first-order chi connectivity index (χ1) is 9.31. The number of aryl methyl sites for hydroxylation is 2. The molecule has 0 radical (unpaired) electrons. The summed E-state index contributed by atoms with van der Waals surface area (Å²) in [7, 11) is 0. The Morgan fingerprint density at radius 3 is 2.42 bits per heavy atom. The maximum absolute atomic E-state index is 11.9. The number of nitrogens with zero attached hydrogens (tertiary/aromatic N) is 2. The van der Waals surface area contributed by atoms with E-state index in [4.69, 9.17) is 4.74 Å². The summed E-state index contributed by atoms with van der Waals surface area (Å²) >= 11 is 0. The second kappa shape index (κ2) is 6.83. The van der Waals surface area contributed by atoms with Crippen molar-refractivity contribution in [2.24, 2.45) is 0 Å². The summed E-state index contributed by atoms with van der Waals surface area (Å²) in [5, 5.41) is 0. The lowest BCUT2D eigenvalue weighted by atomic mass is 10.3. The average molecular weight is 260 g/mol. The summed E-state index contributed by atoms with van der Waals surface area (Å²) in [6, 6.07) is 9.73. The van der Waals surface area contributed by atoms with Crippen LogP contribution in [0.15, 0.2) is 47.5 Å². The van der Waals surface area contributed by atoms with E-state index in [2.05, 4.69) is 6.92 Å². The van der Waals surface area contributed by atoms with Gasteiger partial charge in [0.15, 0.2) is 0 Å². The van der Waals surface area contributed by atoms with E-state index >= 15 is 0 Å². The summed E-state index contributed by atoms with van der Waals surface area (Å²) in [5.74, 6) is 0.874. The molecule has 1 aromatic carbocycles. The van der Waals surface area contributed by atoms with Crippen LogP contribution in [-0.2, 0) is 13.1 Å². The molecule has 102 valence electrons. The topological polar surface area (TPSA) is 36.2 Å². The molecular weight excluding hydrogens is 240 g/mol. The van der Waals surface area contributed by atoms with Gasteiger partial charge in [-0.3, -0.25) is 9.13 Å². The van der Waals surface area contributed by atoms with E-state index in [1.165, 1.54) is 0 Å². The van der Waals surface area contributed by atoms with Crippen molar-refractivity contribution in [2.45, 2.75) is 32.9 Å². The fraction of sp³-hybridized carbons (Fsp3) is 0.400. The van der Waals surface area contributed by atoms with Crippen LogP contribution in [0.1, 0.15) is 19.8 Å². The number of benzene rings is 1. The van der Waals surface area contributed by atoms with Crippen molar-refractivity contribution >= 4 is 0 Å². The van der Waals surface area contributed by atoms with Crippen molar-refractivity contribution in [3.05, 3.63) is 53.2 Å². The molecule has 0 amide bonds. The van der Waals surface area contributed by atoms with Crippen LogP contribution in [0.3, 0.4) is 0 Å². The number of hydrogen-bond donors (Lipinski definition) is 0. The molecule has 2 aromatic rings. The average Bonchev–Trinajstić information content (AvgIpc) is 2.78. The Bertz CT molecular complexity index is 543. The smallest absolute Gasteiger partial charge is 0.328 e. The van der Waals surface area contributed by atoms with Crippen molar-refractivity contribution in [2.75, 3.05) is 6.61 Å². The molecule has 4 heteroatoms. The fourth-order valence-electron chi connectivity index (χ4n) is 1.98. The lowest BCUT2D eigenvalue weighted by Crippen LogP contribution is -2.24. The molecule has 0 fully saturated rings. The maximum atomic E-state index is 11.9. The number of rotatable bonds is 7. The minimum Gasteiger partial charge on any atom is -0.494 e. The molecule has 0 aliphatic rings. The Morgan fingerprint density at radius 1 is 1.05 bits per heavy atom. The molecule has 0 aliphatic heterocycles. The Balaban J connectivity index is 1.78. The van der Waals surface area contributed by atoms with Gasteiger partial charge in [-0.25, -0.2) is 4.79 Å². The Kier molecular flexibility index (Phi) is 4.84. The van der Waals surface area contributed by atoms with Gasteiger partial charge in [-0.15, -0.1) is 0 Å². The number of ether oxygens (including phenoxy) is 1. The molecule has 1 heterocycles. The maximum Gasteiger partial charge on any atom is 0.328 e. The second-order valence-electron chi connectivity index (χ2n) is 4.48. The number of hydrogen-bond acceptors (Lipinski definition) is 2. The molecule has 0 saturated carbocycles. The number of aromatic nitrogens is 2. The normalized spacial score (nSPS) is 10.6. The first-order valence-corrected chi connectivity index (χ1v) is 6.74. The Morgan fingerprint density at radius 2 is 1.74 bits per heavy atom. The van der Waals surface area contributed by atoms with Crippen LogP contribution in [0.5, 0.6) is 5.75 Å². The van der Waals surface area contributed by atoms with Gasteiger partial charge in [0.2, 0.25) is 0 Å². The third kappa shape index (κ3) is 3.74. The van der Waals surface area contributed by atoms with Crippen LogP contribution >= 0.6 is 0 Å². The predicted molar refractivity (Wildman–Crippen MR) is 75.5 cm³/mol. The zero-order valence-corrected chi connectivity index (χ0v) is 11.3. The molecule has 0 spiro atoms. The molecule has 0 saturated heterocycles. The Labute approximate surface area is 113 Å². The van der Waals surface area contributed by atoms with Crippen molar-refractivity contribution in [1.29, 1.82) is 0 Å². The summed E-state index contributed by atoms with van der Waals surface area (Å²) < 4.78 is 9.09. The molecule has 2 rings (SSSR count). The van der Waals surface area contributed by atoms with Crippen LogP contribution < -0.4 is 10.4 Å². The van der Waals surface area contributed by atoms with Gasteiger partial charge in [0.1, 0.15) is 5.75 Å². The van der Waals surface area contributed by atoms with Gasteiger partial charge in [-0.2, -0.15) is 0 Å². The highest BCUT2D eigenvalue weighted by molar-refractivity contribution is 5.20. The third-order valence-corrected chi connectivity index (χ3v) is 2.94. The predicted octanol–water partition coefficient (Wildman–Crippen LogP) is 2.53. The van der Waals surface area contributed by atoms with Crippen LogP contribution in [0.25, 0.3) is 0 Å². The number of para-hydroxylation sites is 1. The van der Waals surface area contributed by atoms with Gasteiger partial charge in [-0.1, -0.05) is 25.1 Å². The van der Waals surface area contributed by atoms with E-state index < -0.39 is 0 Å². The molecule has 19 heavy (non-hydrogen) atoms. The van der Waals surface area contributed by atoms with E-state index in [0.29, 0.717) is 13.2 Å². The largest absolute Gasteiger partial charge is 0.494 e. The van der Waals surface area contributed by atoms with Gasteiger partial charge in [0.05, 0.1) is 6.61 Å². The van der Waals surface area contributed by atoms with Crippen LogP contribution in [0.4, 0.5) is 0 Å². The monoisotopic (exact) mass is 260 g/mol. The molecule has 1 aromatic heterocycles. The molecule has 0 N–H and O–H groups in total. The van der Waals surface area contributed by atoms with E-state index in [1.807, 2.05) is 42.7 Å². The van der Waals surface area contributed by atoms with Crippen LogP contribution in [0.2, 0.25) is 0 Å². The second-order valence-corrected chi connectivity index (χ2v) is 4.48. The minimum absolute atomic E-state index is 0.0709. The van der Waals surface area contributed by atoms with Crippen molar-refractivity contribution in [3.63, 3.8) is 0 Å². The van der Waals surface area contributed by atoms with Gasteiger partial charge in [0.25, 0.3) is 0 Å². The molecule has 0 atom stereocenters. The van der Waals surface area contributed by atoms with Gasteiger partial charge in [0, 0.05) is 25.5 Å². The van der Waals surface area contributed by atoms with E-state index in [1.54, 1.807) is 9.13 Å². The van der Waals surface area contributed by atoms with Crippen molar-refractivity contribution in [1.82, 2.24) is 9.13 Å². The molecule has 0 aliphatic carbocycles. The highest BCUT2D eigenvalue weighted by Gasteiger charge is 2.01. The molecule has 4 nitrogen and oxygen atoms in total. The minimum atomic E-state index is 0.0709. The summed E-state index contributed by atoms with van der Waals surface area (Å²) in [6.45, 7) is 4.17. The molecule has 0 unspecified atom stereocenters. The van der Waals surface area contributed by atoms with Crippen LogP contribution in [-0.4, -0.2) is 15.7 Å². The summed E-state index contributed by atoms with van der Waals surface area (Å²) in [4.78, 5) is 11.9. The first kappa shape index (κ1) is 13.5. The molecular formula is C15H20N2O2. The summed E-state index contributed by atoms with van der Waals surface area (Å²) in [6.07, 6.45) is 5.50. The third-order valence-electron chi connectivity index (χ3n) is 2.94. The van der Waals surface area contributed by atoms with Crippen LogP contribution in [0, 0.1) is 0 Å². The SMILES string of the molecule is CCCn1ccn(CCCOc2ccccc2)c1=O. The zero-order valence-electron chi connectivity index (χ0n) is 11.3. The van der Waals surface area contributed by atoms with Gasteiger partial charge < -0.3 is 4.74 Å². The quantitative estimate of drug-likeness (QED) is 0.717. The standard InChI is InChI=1S/C15H20N2O2/c1-2-9-16-11-12-17(15(16)18)10-6-13-19-14-7-4-3-5-8-14/h3-5,7-8,11-12H,2,6,9-10,13H2,1H3.